The van der Waals surface area contributed by atoms with Crippen LogP contribution < -0.4 is 9.80 Å². The second-order valence-corrected chi connectivity index (χ2v) is 12.2. The maximum atomic E-state index is 13.3. The normalized spacial score (nSPS) is 19.6. The number of anilines is 2. The molecule has 0 bridgehead atoms. The maximum Gasteiger partial charge on any atom is 0.247 e. The van der Waals surface area contributed by atoms with Crippen LogP contribution in [0.1, 0.15) is 31.7 Å². The van der Waals surface area contributed by atoms with Crippen molar-refractivity contribution in [1.82, 2.24) is 4.31 Å². The third-order valence-electron chi connectivity index (χ3n) is 6.96. The maximum absolute atomic E-state index is 13.3. The Balaban J connectivity index is 1.42. The van der Waals surface area contributed by atoms with Crippen LogP contribution in [0.5, 0.6) is 0 Å². The van der Waals surface area contributed by atoms with Crippen molar-refractivity contribution in [2.45, 2.75) is 42.4 Å². The van der Waals surface area contributed by atoms with Crippen LogP contribution in [0.15, 0.2) is 52.3 Å². The van der Waals surface area contributed by atoms with Crippen molar-refractivity contribution in [2.24, 2.45) is 5.92 Å². The van der Waals surface area contributed by atoms with Crippen molar-refractivity contribution in [2.75, 3.05) is 41.7 Å². The molecule has 180 valence electrons. The number of hydrogen-bond acceptors (Lipinski definition) is 5. The molecular weight excluding hydrogens is 470 g/mol. The van der Waals surface area contributed by atoms with Gasteiger partial charge in [0.25, 0.3) is 0 Å². The molecule has 0 aromatic heterocycles. The molecule has 3 heterocycles. The largest absolute Gasteiger partial charge is 0.311 e. The minimum atomic E-state index is -3.66. The van der Waals surface area contributed by atoms with E-state index in [0.717, 1.165) is 41.8 Å². The predicted octanol–water partition coefficient (Wildman–Crippen LogP) is 3.53. The number of hydrogen-bond donors (Lipinski definition) is 0. The number of piperidine rings is 1. The van der Waals surface area contributed by atoms with Crippen LogP contribution in [0.3, 0.4) is 0 Å². The van der Waals surface area contributed by atoms with Crippen LogP contribution in [-0.4, -0.2) is 56.5 Å². The molecule has 2 aromatic rings. The standard InChI is InChI=1S/C25H29N3O4S2/c1-18-10-13-26(14-11-18)34(31,32)20-8-9-23-22(15-20)28(25(30)17-33-23)16-24(29)27-12-4-6-19-5-2-3-7-21(19)27/h2-3,5,7-9,15,18H,4,6,10-14,16-17H2,1H3. The van der Waals surface area contributed by atoms with Crippen molar-refractivity contribution in [3.63, 3.8) is 0 Å². The van der Waals surface area contributed by atoms with E-state index in [-0.39, 0.29) is 29.0 Å². The average molecular weight is 500 g/mol. The summed E-state index contributed by atoms with van der Waals surface area (Å²) in [6.07, 6.45) is 3.49. The van der Waals surface area contributed by atoms with E-state index in [1.165, 1.54) is 21.0 Å². The van der Waals surface area contributed by atoms with Gasteiger partial charge in [-0.05, 0) is 61.4 Å². The van der Waals surface area contributed by atoms with Gasteiger partial charge in [-0.15, -0.1) is 11.8 Å². The SMILES string of the molecule is CC1CCN(S(=O)(=O)c2ccc3c(c2)N(CC(=O)N2CCCc4ccccc42)C(=O)CS3)CC1. The van der Waals surface area contributed by atoms with Crippen molar-refractivity contribution in [3.8, 4) is 0 Å². The molecular formula is C25H29N3O4S2. The van der Waals surface area contributed by atoms with Crippen molar-refractivity contribution >= 4 is 45.0 Å². The van der Waals surface area contributed by atoms with E-state index in [1.807, 2.05) is 24.3 Å². The van der Waals surface area contributed by atoms with E-state index in [4.69, 9.17) is 0 Å². The van der Waals surface area contributed by atoms with Crippen LogP contribution in [0.2, 0.25) is 0 Å². The number of thioether (sulfide) groups is 1. The Kier molecular flexibility index (Phi) is 6.43. The van der Waals surface area contributed by atoms with Gasteiger partial charge in [-0.3, -0.25) is 9.59 Å². The summed E-state index contributed by atoms with van der Waals surface area (Å²) in [6, 6.07) is 12.8. The summed E-state index contributed by atoms with van der Waals surface area (Å²) in [4.78, 5) is 30.4. The number of sulfonamides is 1. The van der Waals surface area contributed by atoms with Gasteiger partial charge >= 0.3 is 0 Å². The van der Waals surface area contributed by atoms with Crippen molar-refractivity contribution in [1.29, 1.82) is 0 Å². The Morgan fingerprint density at radius 2 is 1.82 bits per heavy atom. The summed E-state index contributed by atoms with van der Waals surface area (Å²) in [6.45, 7) is 3.66. The highest BCUT2D eigenvalue weighted by molar-refractivity contribution is 8.00. The number of carbonyl (C=O) groups is 2. The first-order valence-electron chi connectivity index (χ1n) is 11.8. The molecule has 0 spiro atoms. The summed E-state index contributed by atoms with van der Waals surface area (Å²) in [7, 11) is -3.66. The molecule has 2 aromatic carbocycles. The highest BCUT2D eigenvalue weighted by Crippen LogP contribution is 2.38. The molecule has 1 saturated heterocycles. The first kappa shape index (κ1) is 23.4. The lowest BCUT2D eigenvalue weighted by Crippen LogP contribution is -2.46. The number of carbonyl (C=O) groups excluding carboxylic acids is 2. The molecule has 3 aliphatic heterocycles. The summed E-state index contributed by atoms with van der Waals surface area (Å²) in [5, 5.41) is 0. The molecule has 1 fully saturated rings. The first-order valence-corrected chi connectivity index (χ1v) is 14.2. The Hall–Kier alpha value is -2.36. The van der Waals surface area contributed by atoms with E-state index in [0.29, 0.717) is 31.2 Å². The first-order chi connectivity index (χ1) is 16.3. The van der Waals surface area contributed by atoms with Gasteiger partial charge < -0.3 is 9.80 Å². The van der Waals surface area contributed by atoms with Gasteiger partial charge in [0.1, 0.15) is 6.54 Å². The van der Waals surface area contributed by atoms with Gasteiger partial charge in [0, 0.05) is 30.2 Å². The Labute approximate surface area is 205 Å². The third kappa shape index (κ3) is 4.36. The molecule has 7 nitrogen and oxygen atoms in total. The lowest BCUT2D eigenvalue weighted by Gasteiger charge is -2.34. The van der Waals surface area contributed by atoms with E-state index >= 15 is 0 Å². The molecule has 0 N–H and O–H groups in total. The molecule has 0 unspecified atom stereocenters. The lowest BCUT2D eigenvalue weighted by atomic mass is 10.0. The smallest absolute Gasteiger partial charge is 0.247 e. The highest BCUT2D eigenvalue weighted by atomic mass is 32.2. The van der Waals surface area contributed by atoms with E-state index < -0.39 is 10.0 Å². The fraction of sp³-hybridized carbons (Fsp3) is 0.440. The number of fused-ring (bicyclic) bond motifs is 2. The summed E-state index contributed by atoms with van der Waals surface area (Å²) < 4.78 is 28.2. The van der Waals surface area contributed by atoms with Crippen molar-refractivity contribution < 1.29 is 18.0 Å². The minimum absolute atomic E-state index is 0.106. The van der Waals surface area contributed by atoms with Crippen molar-refractivity contribution in [3.05, 3.63) is 48.0 Å². The Bertz CT molecular complexity index is 1220. The molecule has 2 amide bonds. The fourth-order valence-corrected chi connectivity index (χ4v) is 7.31. The van der Waals surface area contributed by atoms with E-state index in [1.54, 1.807) is 23.1 Å². The van der Waals surface area contributed by atoms with Gasteiger partial charge in [-0.2, -0.15) is 4.31 Å². The average Bonchev–Trinajstić information content (AvgIpc) is 2.85. The molecule has 0 aliphatic carbocycles. The minimum Gasteiger partial charge on any atom is -0.311 e. The molecule has 0 saturated carbocycles. The van der Waals surface area contributed by atoms with Gasteiger partial charge in [-0.25, -0.2) is 8.42 Å². The van der Waals surface area contributed by atoms with Gasteiger partial charge in [-0.1, -0.05) is 25.1 Å². The zero-order valence-electron chi connectivity index (χ0n) is 19.3. The molecule has 0 atom stereocenters. The van der Waals surface area contributed by atoms with Gasteiger partial charge in [0.05, 0.1) is 16.3 Å². The predicted molar refractivity (Wildman–Crippen MR) is 134 cm³/mol. The second kappa shape index (κ2) is 9.36. The van der Waals surface area contributed by atoms with Crippen LogP contribution >= 0.6 is 11.8 Å². The number of benzene rings is 2. The van der Waals surface area contributed by atoms with Crippen LogP contribution in [0, 0.1) is 5.92 Å². The molecule has 34 heavy (non-hydrogen) atoms. The zero-order valence-corrected chi connectivity index (χ0v) is 20.9. The summed E-state index contributed by atoms with van der Waals surface area (Å²) in [5.41, 5.74) is 2.53. The fourth-order valence-electron chi connectivity index (χ4n) is 4.90. The topological polar surface area (TPSA) is 78.0 Å². The van der Waals surface area contributed by atoms with Gasteiger partial charge in [0.2, 0.25) is 21.8 Å². The quantitative estimate of drug-likeness (QED) is 0.643. The van der Waals surface area contributed by atoms with Crippen LogP contribution in [0.25, 0.3) is 0 Å². The van der Waals surface area contributed by atoms with E-state index in [9.17, 15) is 18.0 Å². The zero-order chi connectivity index (χ0) is 23.9. The summed E-state index contributed by atoms with van der Waals surface area (Å²) >= 11 is 1.38. The number of aryl methyl sites for hydroxylation is 1. The lowest BCUT2D eigenvalue weighted by molar-refractivity contribution is -0.121. The van der Waals surface area contributed by atoms with Crippen LogP contribution in [0.4, 0.5) is 11.4 Å². The number of rotatable bonds is 4. The molecule has 0 radical (unpaired) electrons. The molecule has 3 aliphatic rings. The monoisotopic (exact) mass is 499 g/mol. The number of nitrogens with zero attached hydrogens (tertiary/aromatic N) is 3. The molecule has 9 heteroatoms. The third-order valence-corrected chi connectivity index (χ3v) is 9.90. The summed E-state index contributed by atoms with van der Waals surface area (Å²) in [5.74, 6) is 0.409. The van der Waals surface area contributed by atoms with Crippen LogP contribution in [-0.2, 0) is 26.0 Å². The Morgan fingerprint density at radius 3 is 2.62 bits per heavy atom. The Morgan fingerprint density at radius 1 is 1.06 bits per heavy atom. The highest BCUT2D eigenvalue weighted by Gasteiger charge is 2.33. The van der Waals surface area contributed by atoms with E-state index in [2.05, 4.69) is 6.92 Å². The van der Waals surface area contributed by atoms with Gasteiger partial charge in [0.15, 0.2) is 0 Å². The second-order valence-electron chi connectivity index (χ2n) is 9.26. The molecule has 5 rings (SSSR count). The number of amides is 2. The number of para-hydroxylation sites is 1.